The first-order chi connectivity index (χ1) is 10.0. The van der Waals surface area contributed by atoms with E-state index in [4.69, 9.17) is 9.47 Å². The summed E-state index contributed by atoms with van der Waals surface area (Å²) in [5.74, 6) is -0.0386. The molecule has 2 rings (SSSR count). The van der Waals surface area contributed by atoms with E-state index in [1.165, 1.54) is 25.0 Å². The smallest absolute Gasteiger partial charge is 0.326 e. The molecule has 6 nitrogen and oxygen atoms in total. The van der Waals surface area contributed by atoms with Crippen LogP contribution in [0.25, 0.3) is 10.8 Å². The fraction of sp³-hybridized carbons (Fsp3) is 0.333. The van der Waals surface area contributed by atoms with Crippen molar-refractivity contribution in [1.82, 2.24) is 4.57 Å². The molecule has 0 amide bonds. The summed E-state index contributed by atoms with van der Waals surface area (Å²) < 4.78 is 11.6. The van der Waals surface area contributed by atoms with Gasteiger partial charge >= 0.3 is 5.97 Å². The number of carbonyl (C=O) groups is 1. The van der Waals surface area contributed by atoms with Gasteiger partial charge in [-0.25, -0.2) is 4.79 Å². The quantitative estimate of drug-likeness (QED) is 0.912. The van der Waals surface area contributed by atoms with Gasteiger partial charge in [0.05, 0.1) is 19.6 Å². The molecule has 0 aliphatic rings. The van der Waals surface area contributed by atoms with Gasteiger partial charge in [-0.3, -0.25) is 4.79 Å². The molecule has 0 saturated carbocycles. The molecule has 0 saturated heterocycles. The van der Waals surface area contributed by atoms with Gasteiger partial charge in [0.25, 0.3) is 5.56 Å². The maximum absolute atomic E-state index is 12.6. The maximum atomic E-state index is 12.6. The molecule has 21 heavy (non-hydrogen) atoms. The van der Waals surface area contributed by atoms with E-state index >= 15 is 0 Å². The van der Waals surface area contributed by atoms with Crippen LogP contribution in [0.5, 0.6) is 11.5 Å². The second-order valence-corrected chi connectivity index (χ2v) is 4.58. The number of hydrogen-bond acceptors (Lipinski definition) is 4. The van der Waals surface area contributed by atoms with Gasteiger partial charge < -0.3 is 19.1 Å². The van der Waals surface area contributed by atoms with E-state index in [1.54, 1.807) is 25.1 Å². The summed E-state index contributed by atoms with van der Waals surface area (Å²) >= 11 is 0. The summed E-state index contributed by atoms with van der Waals surface area (Å²) in [5, 5.41) is 10.2. The minimum Gasteiger partial charge on any atom is -0.497 e. The Balaban J connectivity index is 2.77. The molecule has 1 N–H and O–H groups in total. The highest BCUT2D eigenvalue weighted by Crippen LogP contribution is 2.29. The van der Waals surface area contributed by atoms with Crippen molar-refractivity contribution in [2.75, 3.05) is 14.2 Å². The van der Waals surface area contributed by atoms with Crippen LogP contribution in [0.4, 0.5) is 0 Å². The van der Waals surface area contributed by atoms with E-state index in [0.29, 0.717) is 28.7 Å². The normalized spacial score (nSPS) is 12.1. The molecule has 6 heteroatoms. The molecule has 1 atom stereocenters. The van der Waals surface area contributed by atoms with Crippen LogP contribution >= 0.6 is 0 Å². The Kier molecular flexibility index (Phi) is 4.16. The Morgan fingerprint density at radius 2 is 2.00 bits per heavy atom. The number of fused-ring (bicyclic) bond motifs is 1. The summed E-state index contributed by atoms with van der Waals surface area (Å²) in [6.45, 7) is 1.72. The van der Waals surface area contributed by atoms with Gasteiger partial charge in [-0.05, 0) is 18.6 Å². The lowest BCUT2D eigenvalue weighted by molar-refractivity contribution is -0.141. The van der Waals surface area contributed by atoms with Gasteiger partial charge in [-0.2, -0.15) is 0 Å². The highest BCUT2D eigenvalue weighted by molar-refractivity contribution is 5.89. The van der Waals surface area contributed by atoms with E-state index < -0.39 is 12.0 Å². The van der Waals surface area contributed by atoms with Crippen molar-refractivity contribution in [2.24, 2.45) is 0 Å². The van der Waals surface area contributed by atoms with Gasteiger partial charge in [-0.15, -0.1) is 0 Å². The minimum absolute atomic E-state index is 0.321. The standard InChI is InChI=1S/C15H17NO5/c1-4-12(15(18)19)16-6-5-10-11(14(16)17)7-9(20-2)8-13(10)21-3/h5-8,12H,4H2,1-3H3,(H,18,19). The summed E-state index contributed by atoms with van der Waals surface area (Å²) in [7, 11) is 3.00. The van der Waals surface area contributed by atoms with Crippen LogP contribution in [0.3, 0.4) is 0 Å². The molecule has 1 aromatic carbocycles. The van der Waals surface area contributed by atoms with Crippen molar-refractivity contribution in [3.63, 3.8) is 0 Å². The topological polar surface area (TPSA) is 77.8 Å². The Morgan fingerprint density at radius 3 is 2.52 bits per heavy atom. The molecule has 1 unspecified atom stereocenters. The van der Waals surface area contributed by atoms with Gasteiger partial charge in [-0.1, -0.05) is 6.92 Å². The first-order valence-corrected chi connectivity index (χ1v) is 6.53. The first kappa shape index (κ1) is 14.9. The molecule has 0 aliphatic heterocycles. The third kappa shape index (κ3) is 2.56. The van der Waals surface area contributed by atoms with E-state index in [1.807, 2.05) is 0 Å². The van der Waals surface area contributed by atoms with Crippen LogP contribution in [-0.2, 0) is 4.79 Å². The Morgan fingerprint density at radius 1 is 1.29 bits per heavy atom. The largest absolute Gasteiger partial charge is 0.497 e. The highest BCUT2D eigenvalue weighted by Gasteiger charge is 2.20. The van der Waals surface area contributed by atoms with Crippen LogP contribution in [0.1, 0.15) is 19.4 Å². The minimum atomic E-state index is -1.03. The zero-order valence-corrected chi connectivity index (χ0v) is 12.1. The molecule has 0 bridgehead atoms. The number of rotatable bonds is 5. The van der Waals surface area contributed by atoms with Crippen molar-refractivity contribution < 1.29 is 19.4 Å². The lowest BCUT2D eigenvalue weighted by Crippen LogP contribution is -2.29. The fourth-order valence-corrected chi connectivity index (χ4v) is 2.33. The molecule has 112 valence electrons. The summed E-state index contributed by atoms with van der Waals surface area (Å²) in [6, 6.07) is 4.06. The van der Waals surface area contributed by atoms with Crippen molar-refractivity contribution in [2.45, 2.75) is 19.4 Å². The number of nitrogens with zero attached hydrogens (tertiary/aromatic N) is 1. The predicted octanol–water partition coefficient (Wildman–Crippen LogP) is 2.05. The zero-order chi connectivity index (χ0) is 15.6. The summed E-state index contributed by atoms with van der Waals surface area (Å²) in [5.41, 5.74) is -0.376. The van der Waals surface area contributed by atoms with Crippen molar-refractivity contribution in [1.29, 1.82) is 0 Å². The number of hydrogen-bond donors (Lipinski definition) is 1. The predicted molar refractivity (Wildman–Crippen MR) is 78.3 cm³/mol. The van der Waals surface area contributed by atoms with Crippen molar-refractivity contribution in [3.05, 3.63) is 34.7 Å². The zero-order valence-electron chi connectivity index (χ0n) is 12.1. The summed E-state index contributed by atoms with van der Waals surface area (Å²) in [6.07, 6.45) is 1.81. The van der Waals surface area contributed by atoms with Crippen LogP contribution in [0.2, 0.25) is 0 Å². The van der Waals surface area contributed by atoms with Gasteiger partial charge in [0.1, 0.15) is 17.5 Å². The van der Waals surface area contributed by atoms with Crippen LogP contribution in [0, 0.1) is 0 Å². The Bertz CT molecular complexity index is 735. The van der Waals surface area contributed by atoms with E-state index in [-0.39, 0.29) is 5.56 Å². The molecule has 2 aromatic rings. The maximum Gasteiger partial charge on any atom is 0.326 e. The van der Waals surface area contributed by atoms with Crippen molar-refractivity contribution >= 4 is 16.7 Å². The fourth-order valence-electron chi connectivity index (χ4n) is 2.33. The molecule has 0 spiro atoms. The number of aliphatic carboxylic acids is 1. The molecule has 1 heterocycles. The second kappa shape index (κ2) is 5.87. The number of pyridine rings is 1. The third-order valence-electron chi connectivity index (χ3n) is 3.45. The van der Waals surface area contributed by atoms with E-state index in [9.17, 15) is 14.7 Å². The van der Waals surface area contributed by atoms with E-state index in [2.05, 4.69) is 0 Å². The highest BCUT2D eigenvalue weighted by atomic mass is 16.5. The van der Waals surface area contributed by atoms with Crippen LogP contribution in [-0.4, -0.2) is 29.9 Å². The SMILES string of the molecule is CCC(C(=O)O)n1ccc2c(OC)cc(OC)cc2c1=O. The third-order valence-corrected chi connectivity index (χ3v) is 3.45. The number of benzene rings is 1. The van der Waals surface area contributed by atoms with Crippen LogP contribution < -0.4 is 15.0 Å². The van der Waals surface area contributed by atoms with E-state index in [0.717, 1.165) is 0 Å². The molecule has 0 radical (unpaired) electrons. The lowest BCUT2D eigenvalue weighted by atomic mass is 10.1. The lowest BCUT2D eigenvalue weighted by Gasteiger charge is -2.15. The number of ether oxygens (including phenoxy) is 2. The molecular formula is C15H17NO5. The molecule has 0 aliphatic carbocycles. The van der Waals surface area contributed by atoms with Gasteiger partial charge in [0.2, 0.25) is 0 Å². The van der Waals surface area contributed by atoms with Gasteiger partial charge in [0.15, 0.2) is 0 Å². The Labute approximate surface area is 121 Å². The van der Waals surface area contributed by atoms with Crippen molar-refractivity contribution in [3.8, 4) is 11.5 Å². The second-order valence-electron chi connectivity index (χ2n) is 4.58. The Hall–Kier alpha value is -2.50. The average molecular weight is 291 g/mol. The number of methoxy groups -OCH3 is 2. The number of carboxylic acids is 1. The molecule has 1 aromatic heterocycles. The number of carboxylic acid groups (broad SMARTS) is 1. The summed E-state index contributed by atoms with van der Waals surface area (Å²) in [4.78, 5) is 23.8. The monoisotopic (exact) mass is 291 g/mol. The molecule has 0 fully saturated rings. The average Bonchev–Trinajstić information content (AvgIpc) is 2.49. The number of aromatic nitrogens is 1. The molecular weight excluding hydrogens is 274 g/mol. The first-order valence-electron chi connectivity index (χ1n) is 6.53. The van der Waals surface area contributed by atoms with Crippen LogP contribution in [0.15, 0.2) is 29.2 Å². The van der Waals surface area contributed by atoms with Gasteiger partial charge in [0, 0.05) is 17.6 Å².